The predicted octanol–water partition coefficient (Wildman–Crippen LogP) is 2.71. The van der Waals surface area contributed by atoms with Gasteiger partial charge in [0.2, 0.25) is 0 Å². The standard InChI is InChI=1S/C10H13FO2/c1-10(2,3)13-9-5-4-7(12)6-8(9)11/h4-6,12H,1-3H3. The highest BCUT2D eigenvalue weighted by Gasteiger charge is 2.14. The highest BCUT2D eigenvalue weighted by atomic mass is 19.1. The minimum absolute atomic E-state index is 0.0984. The van der Waals surface area contributed by atoms with E-state index in [0.717, 1.165) is 6.07 Å². The largest absolute Gasteiger partial charge is 0.508 e. The fourth-order valence-electron chi connectivity index (χ4n) is 0.902. The summed E-state index contributed by atoms with van der Waals surface area (Å²) in [5.74, 6) is -0.487. The molecule has 0 bridgehead atoms. The van der Waals surface area contributed by atoms with Crippen LogP contribution in [0.15, 0.2) is 18.2 Å². The second-order valence-corrected chi connectivity index (χ2v) is 3.83. The van der Waals surface area contributed by atoms with Crippen molar-refractivity contribution in [1.29, 1.82) is 0 Å². The molecule has 13 heavy (non-hydrogen) atoms. The summed E-state index contributed by atoms with van der Waals surface area (Å²) in [6.45, 7) is 5.50. The maximum absolute atomic E-state index is 13.1. The molecular formula is C10H13FO2. The van der Waals surface area contributed by atoms with Gasteiger partial charge in [-0.1, -0.05) is 0 Å². The average molecular weight is 184 g/mol. The molecule has 0 aliphatic rings. The van der Waals surface area contributed by atoms with Crippen LogP contribution in [0, 0.1) is 5.82 Å². The first-order chi connectivity index (χ1) is 5.88. The SMILES string of the molecule is CC(C)(C)Oc1ccc(O)cc1F. The van der Waals surface area contributed by atoms with Crippen LogP contribution in [0.3, 0.4) is 0 Å². The van der Waals surface area contributed by atoms with Gasteiger partial charge in [-0.3, -0.25) is 0 Å². The van der Waals surface area contributed by atoms with E-state index in [1.807, 2.05) is 20.8 Å². The van der Waals surface area contributed by atoms with Gasteiger partial charge in [0.05, 0.1) is 0 Å². The fraction of sp³-hybridized carbons (Fsp3) is 0.400. The number of hydrogen-bond acceptors (Lipinski definition) is 2. The molecule has 3 heteroatoms. The maximum atomic E-state index is 13.1. The Morgan fingerprint density at radius 1 is 1.31 bits per heavy atom. The zero-order valence-corrected chi connectivity index (χ0v) is 7.97. The minimum atomic E-state index is -0.546. The Hall–Kier alpha value is -1.25. The van der Waals surface area contributed by atoms with Crippen LogP contribution in [0.5, 0.6) is 11.5 Å². The molecule has 0 heterocycles. The first kappa shape index (κ1) is 9.84. The number of phenolic OH excluding ortho intramolecular Hbond substituents is 1. The van der Waals surface area contributed by atoms with E-state index < -0.39 is 11.4 Å². The number of hydrogen-bond donors (Lipinski definition) is 1. The van der Waals surface area contributed by atoms with Crippen LogP contribution in [0.25, 0.3) is 0 Å². The van der Waals surface area contributed by atoms with E-state index in [1.54, 1.807) is 0 Å². The Bertz CT molecular complexity index is 302. The smallest absolute Gasteiger partial charge is 0.168 e. The molecule has 2 nitrogen and oxygen atoms in total. The molecule has 0 spiro atoms. The molecule has 0 atom stereocenters. The van der Waals surface area contributed by atoms with Crippen LogP contribution in [-0.4, -0.2) is 10.7 Å². The molecule has 1 N–H and O–H groups in total. The Balaban J connectivity index is 2.90. The molecule has 0 unspecified atom stereocenters. The van der Waals surface area contributed by atoms with Crippen molar-refractivity contribution in [3.8, 4) is 11.5 Å². The Morgan fingerprint density at radius 3 is 2.38 bits per heavy atom. The number of aromatic hydroxyl groups is 1. The number of halogens is 1. The summed E-state index contributed by atoms with van der Waals surface area (Å²) >= 11 is 0. The lowest BCUT2D eigenvalue weighted by molar-refractivity contribution is 0.124. The number of rotatable bonds is 1. The summed E-state index contributed by atoms with van der Waals surface area (Å²) in [7, 11) is 0. The Labute approximate surface area is 77.0 Å². The van der Waals surface area contributed by atoms with E-state index in [4.69, 9.17) is 9.84 Å². The van der Waals surface area contributed by atoms with Crippen molar-refractivity contribution in [1.82, 2.24) is 0 Å². The van der Waals surface area contributed by atoms with Crippen LogP contribution in [0.1, 0.15) is 20.8 Å². The maximum Gasteiger partial charge on any atom is 0.168 e. The highest BCUT2D eigenvalue weighted by Crippen LogP contribution is 2.24. The third-order valence-corrected chi connectivity index (χ3v) is 1.33. The van der Waals surface area contributed by atoms with E-state index >= 15 is 0 Å². The van der Waals surface area contributed by atoms with Crippen molar-refractivity contribution >= 4 is 0 Å². The van der Waals surface area contributed by atoms with Gasteiger partial charge in [-0.05, 0) is 32.9 Å². The zero-order chi connectivity index (χ0) is 10.1. The first-order valence-corrected chi connectivity index (χ1v) is 4.06. The van der Waals surface area contributed by atoms with E-state index in [9.17, 15) is 4.39 Å². The van der Waals surface area contributed by atoms with Gasteiger partial charge in [-0.2, -0.15) is 0 Å². The molecule has 0 amide bonds. The Morgan fingerprint density at radius 2 is 1.92 bits per heavy atom. The molecule has 0 aromatic heterocycles. The van der Waals surface area contributed by atoms with Crippen molar-refractivity contribution in [2.75, 3.05) is 0 Å². The molecule has 0 radical (unpaired) electrons. The third kappa shape index (κ3) is 2.93. The van der Waals surface area contributed by atoms with Crippen LogP contribution < -0.4 is 4.74 Å². The van der Waals surface area contributed by atoms with Crippen LogP contribution in [0.4, 0.5) is 4.39 Å². The van der Waals surface area contributed by atoms with Crippen molar-refractivity contribution in [2.45, 2.75) is 26.4 Å². The zero-order valence-electron chi connectivity index (χ0n) is 7.97. The summed E-state index contributed by atoms with van der Waals surface area (Å²) in [6, 6.07) is 3.83. The number of phenols is 1. The van der Waals surface area contributed by atoms with Gasteiger partial charge >= 0.3 is 0 Å². The summed E-state index contributed by atoms with van der Waals surface area (Å²) in [4.78, 5) is 0. The van der Waals surface area contributed by atoms with Gasteiger partial charge < -0.3 is 9.84 Å². The van der Waals surface area contributed by atoms with Crippen molar-refractivity contribution in [2.24, 2.45) is 0 Å². The highest BCUT2D eigenvalue weighted by molar-refractivity contribution is 5.32. The molecule has 72 valence electrons. The van der Waals surface area contributed by atoms with E-state index in [-0.39, 0.29) is 11.5 Å². The Kier molecular flexibility index (Phi) is 2.45. The predicted molar refractivity (Wildman–Crippen MR) is 48.4 cm³/mol. The minimum Gasteiger partial charge on any atom is -0.508 e. The molecule has 0 saturated carbocycles. The molecule has 0 fully saturated rings. The fourth-order valence-corrected chi connectivity index (χ4v) is 0.902. The van der Waals surface area contributed by atoms with E-state index in [0.29, 0.717) is 0 Å². The van der Waals surface area contributed by atoms with Crippen LogP contribution in [0.2, 0.25) is 0 Å². The van der Waals surface area contributed by atoms with E-state index in [2.05, 4.69) is 0 Å². The molecule has 1 rings (SSSR count). The van der Waals surface area contributed by atoms with Gasteiger partial charge in [0.1, 0.15) is 11.4 Å². The van der Waals surface area contributed by atoms with Crippen molar-refractivity contribution < 1.29 is 14.2 Å². The molecular weight excluding hydrogens is 171 g/mol. The lowest BCUT2D eigenvalue weighted by Gasteiger charge is -2.21. The molecule has 0 saturated heterocycles. The normalized spacial score (nSPS) is 11.4. The molecule has 0 aliphatic carbocycles. The lowest BCUT2D eigenvalue weighted by Crippen LogP contribution is -2.23. The van der Waals surface area contributed by atoms with Gasteiger partial charge in [0.25, 0.3) is 0 Å². The monoisotopic (exact) mass is 184 g/mol. The number of ether oxygens (including phenoxy) is 1. The topological polar surface area (TPSA) is 29.5 Å². The molecule has 1 aromatic rings. The van der Waals surface area contributed by atoms with Gasteiger partial charge in [0, 0.05) is 6.07 Å². The van der Waals surface area contributed by atoms with E-state index in [1.165, 1.54) is 12.1 Å². The summed E-state index contributed by atoms with van der Waals surface area (Å²) in [5, 5.41) is 8.94. The van der Waals surface area contributed by atoms with Crippen molar-refractivity contribution in [3.05, 3.63) is 24.0 Å². The van der Waals surface area contributed by atoms with Gasteiger partial charge in [0.15, 0.2) is 11.6 Å². The molecule has 1 aromatic carbocycles. The summed E-state index contributed by atoms with van der Waals surface area (Å²) in [5.41, 5.74) is -0.433. The van der Waals surface area contributed by atoms with Crippen LogP contribution in [-0.2, 0) is 0 Å². The second-order valence-electron chi connectivity index (χ2n) is 3.83. The van der Waals surface area contributed by atoms with Crippen molar-refractivity contribution in [3.63, 3.8) is 0 Å². The molecule has 0 aliphatic heterocycles. The summed E-state index contributed by atoms with van der Waals surface area (Å²) < 4.78 is 18.4. The summed E-state index contributed by atoms with van der Waals surface area (Å²) in [6.07, 6.45) is 0. The average Bonchev–Trinajstić information content (AvgIpc) is 1.93. The number of benzene rings is 1. The third-order valence-electron chi connectivity index (χ3n) is 1.33. The quantitative estimate of drug-likeness (QED) is 0.727. The van der Waals surface area contributed by atoms with Gasteiger partial charge in [-0.25, -0.2) is 4.39 Å². The second kappa shape index (κ2) is 3.24. The first-order valence-electron chi connectivity index (χ1n) is 4.06. The van der Waals surface area contributed by atoms with Crippen LogP contribution >= 0.6 is 0 Å². The lowest BCUT2D eigenvalue weighted by atomic mass is 10.2. The van der Waals surface area contributed by atoms with Gasteiger partial charge in [-0.15, -0.1) is 0 Å².